The molecule has 0 aromatic carbocycles. The summed E-state index contributed by atoms with van der Waals surface area (Å²) >= 11 is 0. The van der Waals surface area contributed by atoms with Crippen molar-refractivity contribution in [3.63, 3.8) is 0 Å². The van der Waals surface area contributed by atoms with Crippen LogP contribution in [0.1, 0.15) is 6.29 Å². The first-order chi connectivity index (χ1) is 5.29. The molecule has 0 amide bonds. The van der Waals surface area contributed by atoms with Gasteiger partial charge in [0.25, 0.3) is 5.95 Å². The Morgan fingerprint density at radius 1 is 1.73 bits per heavy atom. The van der Waals surface area contributed by atoms with Gasteiger partial charge in [0.05, 0.1) is 4.92 Å². The molecule has 11 heavy (non-hydrogen) atoms. The van der Waals surface area contributed by atoms with Crippen LogP contribution in [-0.4, -0.2) is 19.7 Å². The zero-order valence-electron chi connectivity index (χ0n) is 5.15. The average molecular weight is 154 g/mol. The molecular formula is C3H2N6O2. The van der Waals surface area contributed by atoms with Crippen molar-refractivity contribution in [3.8, 4) is 0 Å². The molecule has 0 radical (unpaired) electrons. The fourth-order valence-electron chi connectivity index (χ4n) is 0.762. The Morgan fingerprint density at radius 3 is 3.27 bits per heavy atom. The van der Waals surface area contributed by atoms with Gasteiger partial charge in [-0.1, -0.05) is 5.11 Å². The van der Waals surface area contributed by atoms with E-state index in [1.165, 1.54) is 6.33 Å². The summed E-state index contributed by atoms with van der Waals surface area (Å²) in [5.74, 6) is 0.173. The molecule has 2 rings (SSSR count). The van der Waals surface area contributed by atoms with Gasteiger partial charge in [0.1, 0.15) is 6.33 Å². The van der Waals surface area contributed by atoms with Crippen LogP contribution in [-0.2, 0) is 0 Å². The maximum atomic E-state index is 10.2. The third-order valence-corrected chi connectivity index (χ3v) is 1.21. The lowest BCUT2D eigenvalue weighted by molar-refractivity contribution is -0.547. The summed E-state index contributed by atoms with van der Waals surface area (Å²) in [5.41, 5.74) is 0. The van der Waals surface area contributed by atoms with Gasteiger partial charge in [-0.3, -0.25) is 10.1 Å². The number of hydrogen-bond acceptors (Lipinski definition) is 6. The van der Waals surface area contributed by atoms with Crippen LogP contribution in [0.15, 0.2) is 16.6 Å². The summed E-state index contributed by atoms with van der Waals surface area (Å²) in [4.78, 5) is 13.3. The number of nitro groups is 1. The number of fused-ring (bicyclic) bond motifs is 1. The van der Waals surface area contributed by atoms with Crippen LogP contribution in [0.4, 0.5) is 5.95 Å². The fourth-order valence-corrected chi connectivity index (χ4v) is 0.762. The van der Waals surface area contributed by atoms with Crippen LogP contribution >= 0.6 is 0 Å². The van der Waals surface area contributed by atoms with E-state index in [2.05, 4.69) is 20.3 Å². The molecule has 0 bridgehead atoms. The van der Waals surface area contributed by atoms with Gasteiger partial charge in [-0.15, -0.1) is 9.80 Å². The third-order valence-electron chi connectivity index (χ3n) is 1.21. The van der Waals surface area contributed by atoms with Gasteiger partial charge in [-0.25, -0.2) is 0 Å². The summed E-state index contributed by atoms with van der Waals surface area (Å²) in [5, 5.41) is 20.6. The van der Waals surface area contributed by atoms with Gasteiger partial charge in [0.15, 0.2) is 0 Å². The van der Waals surface area contributed by atoms with Crippen molar-refractivity contribution in [3.05, 3.63) is 16.4 Å². The number of rotatable bonds is 1. The molecule has 0 fully saturated rings. The second-order valence-electron chi connectivity index (χ2n) is 1.85. The quantitative estimate of drug-likeness (QED) is 0.423. The van der Waals surface area contributed by atoms with Gasteiger partial charge >= 0.3 is 6.29 Å². The molecule has 0 spiro atoms. The van der Waals surface area contributed by atoms with Crippen molar-refractivity contribution in [2.75, 3.05) is 0 Å². The molecule has 1 aliphatic heterocycles. The Morgan fingerprint density at radius 2 is 2.55 bits per heavy atom. The summed E-state index contributed by atoms with van der Waals surface area (Å²) in [6.45, 7) is 0. The highest BCUT2D eigenvalue weighted by Gasteiger charge is 2.30. The SMILES string of the molecule is O=[N+]([O-])[C@@H]1N=Nc2ncnn21. The molecule has 56 valence electrons. The summed E-state index contributed by atoms with van der Waals surface area (Å²) in [6, 6.07) is 0. The Hall–Kier alpha value is -1.86. The minimum absolute atomic E-state index is 0.173. The van der Waals surface area contributed by atoms with E-state index in [4.69, 9.17) is 0 Å². The van der Waals surface area contributed by atoms with E-state index in [0.29, 0.717) is 0 Å². The highest BCUT2D eigenvalue weighted by molar-refractivity contribution is 5.13. The number of nitrogens with zero attached hydrogens (tertiary/aromatic N) is 6. The molecule has 0 aliphatic carbocycles. The van der Waals surface area contributed by atoms with E-state index in [1.807, 2.05) is 0 Å². The Bertz CT molecular complexity index is 328. The standard InChI is InChI=1S/C3H2N6O2/c10-9(11)3-7-6-2-4-1-5-8(2)3/h1,3H/t3-/m1/s1. The monoisotopic (exact) mass is 154 g/mol. The first kappa shape index (κ1) is 5.89. The molecule has 8 nitrogen and oxygen atoms in total. The van der Waals surface area contributed by atoms with Crippen LogP contribution in [0.5, 0.6) is 0 Å². The van der Waals surface area contributed by atoms with Gasteiger partial charge < -0.3 is 0 Å². The van der Waals surface area contributed by atoms with Crippen molar-refractivity contribution in [1.82, 2.24) is 14.8 Å². The predicted molar refractivity (Wildman–Crippen MR) is 30.6 cm³/mol. The highest BCUT2D eigenvalue weighted by atomic mass is 16.6. The zero-order valence-corrected chi connectivity index (χ0v) is 5.15. The average Bonchev–Trinajstić information content (AvgIpc) is 2.41. The van der Waals surface area contributed by atoms with Crippen molar-refractivity contribution < 1.29 is 4.92 Å². The molecule has 1 atom stereocenters. The molecule has 0 saturated carbocycles. The fraction of sp³-hybridized carbons (Fsp3) is 0.333. The lowest BCUT2D eigenvalue weighted by atomic mass is 10.9. The van der Waals surface area contributed by atoms with Gasteiger partial charge in [0, 0.05) is 0 Å². The normalized spacial score (nSPS) is 20.2. The van der Waals surface area contributed by atoms with Crippen LogP contribution < -0.4 is 0 Å². The lowest BCUT2D eigenvalue weighted by Gasteiger charge is -1.95. The molecule has 1 aromatic heterocycles. The zero-order chi connectivity index (χ0) is 7.84. The molecule has 0 N–H and O–H groups in total. The molecule has 0 saturated heterocycles. The van der Waals surface area contributed by atoms with Crippen LogP contribution in [0.25, 0.3) is 0 Å². The minimum Gasteiger partial charge on any atom is -0.261 e. The smallest absolute Gasteiger partial charge is 0.261 e. The molecule has 1 aromatic rings. The van der Waals surface area contributed by atoms with Gasteiger partial charge in [0.2, 0.25) is 0 Å². The summed E-state index contributed by atoms with van der Waals surface area (Å²) in [6.07, 6.45) is -0.0307. The Balaban J connectivity index is 2.46. The van der Waals surface area contributed by atoms with Crippen molar-refractivity contribution in [1.29, 1.82) is 0 Å². The predicted octanol–water partition coefficient (Wildman–Crippen LogP) is 0.108. The largest absolute Gasteiger partial charge is 0.423 e. The second-order valence-corrected chi connectivity index (χ2v) is 1.85. The topological polar surface area (TPSA) is 98.6 Å². The van der Waals surface area contributed by atoms with Crippen LogP contribution in [0.2, 0.25) is 0 Å². The Kier molecular flexibility index (Phi) is 0.969. The maximum absolute atomic E-state index is 10.2. The van der Waals surface area contributed by atoms with Gasteiger partial charge in [-0.2, -0.15) is 10.1 Å². The number of azo groups is 1. The summed E-state index contributed by atoms with van der Waals surface area (Å²) in [7, 11) is 0. The highest BCUT2D eigenvalue weighted by Crippen LogP contribution is 2.23. The van der Waals surface area contributed by atoms with Crippen LogP contribution in [0.3, 0.4) is 0 Å². The lowest BCUT2D eigenvalue weighted by Crippen LogP contribution is -2.13. The van der Waals surface area contributed by atoms with E-state index in [-0.39, 0.29) is 5.95 Å². The molecule has 8 heteroatoms. The van der Waals surface area contributed by atoms with E-state index in [0.717, 1.165) is 4.68 Å². The number of hydrogen-bond donors (Lipinski definition) is 0. The first-order valence-electron chi connectivity index (χ1n) is 2.73. The van der Waals surface area contributed by atoms with Crippen molar-refractivity contribution in [2.24, 2.45) is 10.2 Å². The third kappa shape index (κ3) is 0.687. The van der Waals surface area contributed by atoms with E-state index in [9.17, 15) is 10.1 Å². The van der Waals surface area contributed by atoms with E-state index >= 15 is 0 Å². The second kappa shape index (κ2) is 1.81. The number of aromatic nitrogens is 3. The van der Waals surface area contributed by atoms with E-state index < -0.39 is 11.2 Å². The van der Waals surface area contributed by atoms with Crippen molar-refractivity contribution in [2.45, 2.75) is 6.29 Å². The molecular weight excluding hydrogens is 152 g/mol. The molecule has 0 unspecified atom stereocenters. The van der Waals surface area contributed by atoms with Crippen LogP contribution in [0, 0.1) is 10.1 Å². The molecule has 2 heterocycles. The first-order valence-corrected chi connectivity index (χ1v) is 2.73. The summed E-state index contributed by atoms with van der Waals surface area (Å²) < 4.78 is 1.04. The van der Waals surface area contributed by atoms with E-state index in [1.54, 1.807) is 0 Å². The van der Waals surface area contributed by atoms with Crippen molar-refractivity contribution >= 4 is 5.95 Å². The molecule has 1 aliphatic rings. The van der Waals surface area contributed by atoms with Gasteiger partial charge in [-0.05, 0) is 0 Å². The Labute approximate surface area is 59.7 Å². The maximum Gasteiger partial charge on any atom is 0.423 e. The minimum atomic E-state index is -1.23.